The van der Waals surface area contributed by atoms with Crippen molar-refractivity contribution >= 4 is 18.0 Å². The topological polar surface area (TPSA) is 33.1 Å². The Morgan fingerprint density at radius 3 is 2.42 bits per heavy atom. The minimum Gasteiger partial charge on any atom is -0.481 e. The summed E-state index contributed by atoms with van der Waals surface area (Å²) >= 11 is 0.186. The predicted molar refractivity (Wildman–Crippen MR) is 47.2 cm³/mol. The van der Waals surface area contributed by atoms with Crippen LogP contribution in [-0.4, -0.2) is 13.0 Å². The average molecular weight is 185 g/mol. The Labute approximate surface area is 74.5 Å². The lowest BCUT2D eigenvalue weighted by molar-refractivity contribution is 0.401. The molecule has 2 nitrogen and oxygen atoms in total. The van der Waals surface area contributed by atoms with Crippen LogP contribution >= 0.6 is 12.1 Å². The van der Waals surface area contributed by atoms with Gasteiger partial charge in [-0.1, -0.05) is 0 Å². The quantitative estimate of drug-likeness (QED) is 0.567. The molecule has 0 fully saturated rings. The summed E-state index contributed by atoms with van der Waals surface area (Å²) in [5, 5.41) is 7.28. The van der Waals surface area contributed by atoms with Gasteiger partial charge in [0.2, 0.25) is 5.90 Å². The van der Waals surface area contributed by atoms with Crippen molar-refractivity contribution in [2.24, 2.45) is 0 Å². The minimum atomic E-state index is 0.0883. The zero-order valence-corrected chi connectivity index (χ0v) is 7.32. The lowest BCUT2D eigenvalue weighted by atomic mass is 10.2. The number of methoxy groups -OCH3 is 1. The van der Waals surface area contributed by atoms with Gasteiger partial charge in [0, 0.05) is 10.5 Å². The van der Waals surface area contributed by atoms with Crippen LogP contribution in [0.4, 0.5) is 3.89 Å². The smallest absolute Gasteiger partial charge is 0.212 e. The average Bonchev–Trinajstić information content (AvgIpc) is 2.17. The van der Waals surface area contributed by atoms with Gasteiger partial charge in [-0.05, 0) is 24.3 Å². The van der Waals surface area contributed by atoms with E-state index in [9.17, 15) is 3.89 Å². The number of hydrogen-bond acceptors (Lipinski definition) is 3. The Morgan fingerprint density at radius 1 is 1.42 bits per heavy atom. The highest BCUT2D eigenvalue weighted by Crippen LogP contribution is 2.18. The zero-order valence-electron chi connectivity index (χ0n) is 6.50. The second-order valence-electron chi connectivity index (χ2n) is 2.13. The van der Waals surface area contributed by atoms with Crippen molar-refractivity contribution in [2.75, 3.05) is 7.11 Å². The van der Waals surface area contributed by atoms with E-state index >= 15 is 0 Å². The minimum absolute atomic E-state index is 0.0883. The Bertz CT molecular complexity index is 273. The predicted octanol–water partition coefficient (Wildman–Crippen LogP) is 2.63. The van der Waals surface area contributed by atoms with E-state index in [2.05, 4.69) is 0 Å². The Hall–Kier alpha value is -1.03. The number of halogens is 1. The molecule has 1 rings (SSSR count). The number of rotatable bonds is 2. The zero-order chi connectivity index (χ0) is 8.97. The highest BCUT2D eigenvalue weighted by molar-refractivity contribution is 7.94. The van der Waals surface area contributed by atoms with Gasteiger partial charge in [-0.3, -0.25) is 5.41 Å². The van der Waals surface area contributed by atoms with E-state index in [0.717, 1.165) is 0 Å². The van der Waals surface area contributed by atoms with Gasteiger partial charge >= 0.3 is 0 Å². The van der Waals surface area contributed by atoms with E-state index in [1.165, 1.54) is 7.11 Å². The van der Waals surface area contributed by atoms with Gasteiger partial charge in [-0.2, -0.15) is 3.89 Å². The summed E-state index contributed by atoms with van der Waals surface area (Å²) < 4.78 is 16.7. The van der Waals surface area contributed by atoms with Crippen LogP contribution < -0.4 is 0 Å². The molecule has 0 saturated carbocycles. The molecular formula is C8H8FNOS. The summed E-state index contributed by atoms with van der Waals surface area (Å²) in [5.41, 5.74) is 0.648. The third kappa shape index (κ3) is 1.98. The molecule has 1 aromatic carbocycles. The molecule has 0 aromatic heterocycles. The van der Waals surface area contributed by atoms with Crippen molar-refractivity contribution < 1.29 is 8.62 Å². The Morgan fingerprint density at radius 2 is 2.00 bits per heavy atom. The van der Waals surface area contributed by atoms with Gasteiger partial charge in [0.15, 0.2) is 0 Å². The first-order valence-electron chi connectivity index (χ1n) is 3.29. The number of nitrogens with one attached hydrogen (secondary N) is 1. The van der Waals surface area contributed by atoms with Gasteiger partial charge in [-0.15, -0.1) is 0 Å². The summed E-state index contributed by atoms with van der Waals surface area (Å²) in [6, 6.07) is 6.50. The molecule has 1 aromatic rings. The van der Waals surface area contributed by atoms with Crippen LogP contribution in [-0.2, 0) is 4.74 Å². The van der Waals surface area contributed by atoms with E-state index < -0.39 is 0 Å². The molecule has 0 aliphatic rings. The van der Waals surface area contributed by atoms with Gasteiger partial charge < -0.3 is 4.74 Å². The largest absolute Gasteiger partial charge is 0.481 e. The van der Waals surface area contributed by atoms with Crippen LogP contribution in [0.15, 0.2) is 29.2 Å². The van der Waals surface area contributed by atoms with Crippen molar-refractivity contribution in [3.8, 4) is 0 Å². The maximum Gasteiger partial charge on any atom is 0.212 e. The van der Waals surface area contributed by atoms with Crippen LogP contribution in [0.2, 0.25) is 0 Å². The molecule has 0 aliphatic carbocycles. The van der Waals surface area contributed by atoms with E-state index in [-0.39, 0.29) is 18.0 Å². The second kappa shape index (κ2) is 4.11. The molecule has 64 valence electrons. The van der Waals surface area contributed by atoms with E-state index in [1.807, 2.05) is 0 Å². The molecular weight excluding hydrogens is 177 g/mol. The molecule has 12 heavy (non-hydrogen) atoms. The van der Waals surface area contributed by atoms with E-state index in [1.54, 1.807) is 24.3 Å². The molecule has 0 unspecified atom stereocenters. The summed E-state index contributed by atoms with van der Waals surface area (Å²) in [5.74, 6) is 0.0883. The first-order valence-corrected chi connectivity index (χ1v) is 4.01. The molecule has 0 aliphatic heterocycles. The first kappa shape index (κ1) is 9.06. The Kier molecular flexibility index (Phi) is 3.10. The maximum absolute atomic E-state index is 12.0. The van der Waals surface area contributed by atoms with Crippen molar-refractivity contribution in [1.29, 1.82) is 5.41 Å². The molecule has 1 N–H and O–H groups in total. The first-order chi connectivity index (χ1) is 5.77. The van der Waals surface area contributed by atoms with Crippen LogP contribution in [0.5, 0.6) is 0 Å². The summed E-state index contributed by atoms with van der Waals surface area (Å²) in [6.45, 7) is 0. The fourth-order valence-electron chi connectivity index (χ4n) is 0.776. The fraction of sp³-hybridized carbons (Fsp3) is 0.125. The standard InChI is InChI=1S/C8H8FNOS/c1-11-8(10)6-2-4-7(12-9)5-3-6/h2-5,10H,1H3. The van der Waals surface area contributed by atoms with Gasteiger partial charge in [0.05, 0.1) is 19.3 Å². The number of benzene rings is 1. The van der Waals surface area contributed by atoms with Crippen molar-refractivity contribution in [1.82, 2.24) is 0 Å². The van der Waals surface area contributed by atoms with Crippen LogP contribution in [0.3, 0.4) is 0 Å². The third-order valence-electron chi connectivity index (χ3n) is 1.41. The Balaban J connectivity index is 2.84. The molecule has 0 atom stereocenters. The van der Waals surface area contributed by atoms with Crippen LogP contribution in [0, 0.1) is 5.41 Å². The SMILES string of the molecule is COC(=N)c1ccc(SF)cc1. The lowest BCUT2D eigenvalue weighted by Crippen LogP contribution is -2.00. The molecule has 0 spiro atoms. The van der Waals surface area contributed by atoms with Crippen molar-refractivity contribution in [3.05, 3.63) is 29.8 Å². The van der Waals surface area contributed by atoms with Crippen LogP contribution in [0.1, 0.15) is 5.56 Å². The molecule has 0 bridgehead atoms. The summed E-state index contributed by atoms with van der Waals surface area (Å²) in [4.78, 5) is 0.530. The molecule has 0 saturated heterocycles. The van der Waals surface area contributed by atoms with Crippen molar-refractivity contribution in [2.45, 2.75) is 4.90 Å². The van der Waals surface area contributed by atoms with Gasteiger partial charge in [0.1, 0.15) is 0 Å². The lowest BCUT2D eigenvalue weighted by Gasteiger charge is -2.01. The third-order valence-corrected chi connectivity index (χ3v) is 1.86. The van der Waals surface area contributed by atoms with E-state index in [4.69, 9.17) is 10.1 Å². The molecule has 0 amide bonds. The normalized spacial score (nSPS) is 9.50. The highest BCUT2D eigenvalue weighted by Gasteiger charge is 1.99. The second-order valence-corrected chi connectivity index (χ2v) is 2.76. The summed E-state index contributed by atoms with van der Waals surface area (Å²) in [6.07, 6.45) is 0. The number of ether oxygens (including phenoxy) is 1. The molecule has 4 heteroatoms. The highest BCUT2D eigenvalue weighted by atomic mass is 32.2. The molecule has 0 heterocycles. The fourth-order valence-corrected chi connectivity index (χ4v) is 1.01. The number of hydrogen-bond donors (Lipinski definition) is 1. The van der Waals surface area contributed by atoms with E-state index in [0.29, 0.717) is 10.5 Å². The molecule has 0 radical (unpaired) electrons. The van der Waals surface area contributed by atoms with Crippen molar-refractivity contribution in [3.63, 3.8) is 0 Å². The summed E-state index contributed by atoms with van der Waals surface area (Å²) in [7, 11) is 1.43. The maximum atomic E-state index is 12.0. The van der Waals surface area contributed by atoms with Gasteiger partial charge in [0.25, 0.3) is 0 Å². The van der Waals surface area contributed by atoms with Crippen LogP contribution in [0.25, 0.3) is 0 Å². The monoisotopic (exact) mass is 185 g/mol. The van der Waals surface area contributed by atoms with Gasteiger partial charge in [-0.25, -0.2) is 0 Å².